The Labute approximate surface area is 99.2 Å². The first-order valence-electron chi connectivity index (χ1n) is 5.45. The van der Waals surface area contributed by atoms with Crippen molar-refractivity contribution in [1.29, 1.82) is 0 Å². The van der Waals surface area contributed by atoms with E-state index in [4.69, 9.17) is 9.26 Å². The molecule has 0 bridgehead atoms. The summed E-state index contributed by atoms with van der Waals surface area (Å²) in [6.07, 6.45) is 2.08. The van der Waals surface area contributed by atoms with Crippen LogP contribution in [0.3, 0.4) is 0 Å². The number of ketones is 1. The van der Waals surface area contributed by atoms with Crippen molar-refractivity contribution in [2.24, 2.45) is 0 Å². The number of hydrogen-bond donors (Lipinski definition) is 0. The fraction of sp³-hybridized carbons (Fsp3) is 0.231. The van der Waals surface area contributed by atoms with Crippen LogP contribution in [0.5, 0.6) is 5.75 Å². The minimum Gasteiger partial charge on any atom is -0.486 e. The van der Waals surface area contributed by atoms with Crippen molar-refractivity contribution in [2.45, 2.75) is 20.0 Å². The predicted octanol–water partition coefficient (Wildman–Crippen LogP) is 2.85. The van der Waals surface area contributed by atoms with Gasteiger partial charge in [-0.25, -0.2) is 0 Å². The smallest absolute Gasteiger partial charge is 0.174 e. The fourth-order valence-electron chi connectivity index (χ4n) is 1.41. The first-order chi connectivity index (χ1) is 8.29. The van der Waals surface area contributed by atoms with Crippen LogP contribution in [0.1, 0.15) is 29.5 Å². The highest BCUT2D eigenvalue weighted by molar-refractivity contribution is 5.95. The van der Waals surface area contributed by atoms with Gasteiger partial charge in [0.2, 0.25) is 0 Å². The zero-order valence-electron chi connectivity index (χ0n) is 9.55. The first kappa shape index (κ1) is 11.4. The van der Waals surface area contributed by atoms with Crippen LogP contribution in [0.25, 0.3) is 0 Å². The second-order valence-electron chi connectivity index (χ2n) is 3.57. The average Bonchev–Trinajstić information content (AvgIpc) is 2.89. The van der Waals surface area contributed by atoms with Gasteiger partial charge in [-0.3, -0.25) is 4.79 Å². The van der Waals surface area contributed by atoms with Crippen molar-refractivity contribution in [2.75, 3.05) is 0 Å². The summed E-state index contributed by atoms with van der Waals surface area (Å²) in [5.74, 6) is 1.50. The zero-order chi connectivity index (χ0) is 12.1. The number of carbonyl (C=O) groups excluding carboxylic acids is 1. The molecule has 0 aliphatic rings. The van der Waals surface area contributed by atoms with Gasteiger partial charge in [0.05, 0.1) is 6.20 Å². The molecule has 0 saturated heterocycles. The standard InChI is InChI=1S/C13H13NO3/c1-2-13(15)10-3-5-11(6-4-10)16-9-12-7-8-14-17-12/h3-8H,2,9H2,1H3. The van der Waals surface area contributed by atoms with Gasteiger partial charge in [-0.15, -0.1) is 0 Å². The maximum absolute atomic E-state index is 11.4. The van der Waals surface area contributed by atoms with E-state index in [1.165, 1.54) is 0 Å². The number of rotatable bonds is 5. The normalized spacial score (nSPS) is 10.2. The minimum atomic E-state index is 0.131. The summed E-state index contributed by atoms with van der Waals surface area (Å²) in [6, 6.07) is 8.83. The monoisotopic (exact) mass is 231 g/mol. The van der Waals surface area contributed by atoms with Crippen LogP contribution < -0.4 is 4.74 Å². The summed E-state index contributed by atoms with van der Waals surface area (Å²) in [5, 5.41) is 3.58. The van der Waals surface area contributed by atoms with Crippen LogP contribution in [0, 0.1) is 0 Å². The van der Waals surface area contributed by atoms with Crippen molar-refractivity contribution in [3.63, 3.8) is 0 Å². The Balaban J connectivity index is 1.96. The lowest BCUT2D eigenvalue weighted by Gasteiger charge is -2.04. The summed E-state index contributed by atoms with van der Waals surface area (Å²) in [7, 11) is 0. The molecule has 0 aliphatic carbocycles. The van der Waals surface area contributed by atoms with E-state index in [1.807, 2.05) is 6.92 Å². The fourth-order valence-corrected chi connectivity index (χ4v) is 1.41. The van der Waals surface area contributed by atoms with Gasteiger partial charge in [0.1, 0.15) is 12.4 Å². The molecule has 0 fully saturated rings. The maximum atomic E-state index is 11.4. The number of ether oxygens (including phenoxy) is 1. The molecular weight excluding hydrogens is 218 g/mol. The Morgan fingerprint density at radius 3 is 2.65 bits per heavy atom. The highest BCUT2D eigenvalue weighted by atomic mass is 16.5. The van der Waals surface area contributed by atoms with E-state index in [0.717, 1.165) is 0 Å². The largest absolute Gasteiger partial charge is 0.486 e. The predicted molar refractivity (Wildman–Crippen MR) is 61.9 cm³/mol. The molecule has 1 aromatic heterocycles. The van der Waals surface area contributed by atoms with E-state index in [0.29, 0.717) is 30.1 Å². The summed E-state index contributed by atoms with van der Waals surface area (Å²) < 4.78 is 10.4. The number of nitrogens with zero attached hydrogens (tertiary/aromatic N) is 1. The quantitative estimate of drug-likeness (QED) is 0.742. The Bertz CT molecular complexity index is 474. The summed E-state index contributed by atoms with van der Waals surface area (Å²) in [6.45, 7) is 2.18. The number of Topliss-reactive ketones (excluding diaryl/α,β-unsaturated/α-hetero) is 1. The van der Waals surface area contributed by atoms with Crippen LogP contribution in [0.4, 0.5) is 0 Å². The molecular formula is C13H13NO3. The van der Waals surface area contributed by atoms with E-state index in [2.05, 4.69) is 5.16 Å². The second kappa shape index (κ2) is 5.30. The lowest BCUT2D eigenvalue weighted by Crippen LogP contribution is -1.97. The van der Waals surface area contributed by atoms with E-state index < -0.39 is 0 Å². The lowest BCUT2D eigenvalue weighted by atomic mass is 10.1. The molecule has 0 unspecified atom stereocenters. The molecule has 88 valence electrons. The molecule has 0 amide bonds. The van der Waals surface area contributed by atoms with Crippen molar-refractivity contribution in [3.8, 4) is 5.75 Å². The van der Waals surface area contributed by atoms with E-state index >= 15 is 0 Å². The molecule has 1 aromatic carbocycles. The van der Waals surface area contributed by atoms with Crippen LogP contribution in [0.15, 0.2) is 41.1 Å². The van der Waals surface area contributed by atoms with Crippen molar-refractivity contribution in [3.05, 3.63) is 47.9 Å². The summed E-state index contributed by atoms with van der Waals surface area (Å²) >= 11 is 0. The highest BCUT2D eigenvalue weighted by Gasteiger charge is 2.03. The van der Waals surface area contributed by atoms with Crippen LogP contribution >= 0.6 is 0 Å². The van der Waals surface area contributed by atoms with Gasteiger partial charge in [-0.2, -0.15) is 0 Å². The topological polar surface area (TPSA) is 52.3 Å². The minimum absolute atomic E-state index is 0.131. The van der Waals surface area contributed by atoms with Gasteiger partial charge in [-0.1, -0.05) is 12.1 Å². The Hall–Kier alpha value is -2.10. The highest BCUT2D eigenvalue weighted by Crippen LogP contribution is 2.15. The first-order valence-corrected chi connectivity index (χ1v) is 5.45. The SMILES string of the molecule is CCC(=O)c1ccc(OCc2ccno2)cc1. The molecule has 2 aromatic rings. The summed E-state index contributed by atoms with van der Waals surface area (Å²) in [5.41, 5.74) is 0.708. The summed E-state index contributed by atoms with van der Waals surface area (Å²) in [4.78, 5) is 11.4. The molecule has 17 heavy (non-hydrogen) atoms. The van der Waals surface area contributed by atoms with E-state index in [9.17, 15) is 4.79 Å². The lowest BCUT2D eigenvalue weighted by molar-refractivity contribution is 0.0988. The average molecular weight is 231 g/mol. The Kier molecular flexibility index (Phi) is 3.55. The molecule has 0 atom stereocenters. The molecule has 0 spiro atoms. The molecule has 0 N–H and O–H groups in total. The Morgan fingerprint density at radius 2 is 2.06 bits per heavy atom. The molecule has 0 radical (unpaired) electrons. The van der Waals surface area contributed by atoms with Crippen molar-refractivity contribution in [1.82, 2.24) is 5.16 Å². The van der Waals surface area contributed by atoms with Crippen LogP contribution in [-0.2, 0) is 6.61 Å². The zero-order valence-corrected chi connectivity index (χ0v) is 9.55. The number of hydrogen-bond acceptors (Lipinski definition) is 4. The van der Waals surface area contributed by atoms with Gasteiger partial charge in [0.25, 0.3) is 0 Å². The van der Waals surface area contributed by atoms with Crippen LogP contribution in [0.2, 0.25) is 0 Å². The number of aromatic nitrogens is 1. The maximum Gasteiger partial charge on any atom is 0.174 e. The van der Waals surface area contributed by atoms with Gasteiger partial charge in [0, 0.05) is 18.1 Å². The molecule has 4 heteroatoms. The molecule has 0 saturated carbocycles. The second-order valence-corrected chi connectivity index (χ2v) is 3.57. The van der Waals surface area contributed by atoms with E-state index in [1.54, 1.807) is 36.5 Å². The Morgan fingerprint density at radius 1 is 1.29 bits per heavy atom. The molecule has 2 rings (SSSR count). The third-order valence-electron chi connectivity index (χ3n) is 2.37. The van der Waals surface area contributed by atoms with Crippen LogP contribution in [-0.4, -0.2) is 10.9 Å². The third kappa shape index (κ3) is 2.93. The van der Waals surface area contributed by atoms with Crippen molar-refractivity contribution < 1.29 is 14.1 Å². The van der Waals surface area contributed by atoms with Gasteiger partial charge >= 0.3 is 0 Å². The van der Waals surface area contributed by atoms with Gasteiger partial charge in [-0.05, 0) is 24.3 Å². The van der Waals surface area contributed by atoms with E-state index in [-0.39, 0.29) is 5.78 Å². The number of benzene rings is 1. The number of carbonyl (C=O) groups is 1. The van der Waals surface area contributed by atoms with Crippen molar-refractivity contribution >= 4 is 5.78 Å². The molecule has 0 aliphatic heterocycles. The third-order valence-corrected chi connectivity index (χ3v) is 2.37. The molecule has 4 nitrogen and oxygen atoms in total. The molecule has 1 heterocycles. The van der Waals surface area contributed by atoms with Gasteiger partial charge in [0.15, 0.2) is 11.5 Å². The van der Waals surface area contributed by atoms with Gasteiger partial charge < -0.3 is 9.26 Å².